The molecule has 2 N–H and O–H groups in total. The first kappa shape index (κ1) is 19.3. The lowest BCUT2D eigenvalue weighted by molar-refractivity contribution is 0.0953. The van der Waals surface area contributed by atoms with Gasteiger partial charge in [-0.2, -0.15) is 0 Å². The van der Waals surface area contributed by atoms with Gasteiger partial charge in [-0.25, -0.2) is 4.98 Å². The average Bonchev–Trinajstić information content (AvgIpc) is 2.93. The number of pyridine rings is 1. The lowest BCUT2D eigenvalue weighted by atomic mass is 10.1. The second-order valence-corrected chi connectivity index (χ2v) is 5.30. The lowest BCUT2D eigenvalue weighted by Crippen LogP contribution is -2.33. The summed E-state index contributed by atoms with van der Waals surface area (Å²) in [7, 11) is 1.66. The molecule has 0 atom stereocenters. The van der Waals surface area contributed by atoms with Crippen LogP contribution >= 0.6 is 12.4 Å². The summed E-state index contributed by atoms with van der Waals surface area (Å²) in [6.07, 6.45) is 1.51. The van der Waals surface area contributed by atoms with Gasteiger partial charge in [0.2, 0.25) is 0 Å². The maximum atomic E-state index is 12.1. The van der Waals surface area contributed by atoms with Crippen molar-refractivity contribution < 1.29 is 14.1 Å². The van der Waals surface area contributed by atoms with Crippen LogP contribution in [0.3, 0.4) is 0 Å². The van der Waals surface area contributed by atoms with Crippen molar-refractivity contribution in [2.24, 2.45) is 0 Å². The Bertz CT molecular complexity index is 630. The molecule has 0 spiro atoms. The predicted octanol–water partition coefficient (Wildman–Crippen LogP) is 1.73. The molecule has 2 aromatic rings. The molecule has 2 heterocycles. The van der Waals surface area contributed by atoms with E-state index in [2.05, 4.69) is 20.8 Å². The molecule has 8 heteroatoms. The molecule has 0 bridgehead atoms. The number of carbonyl (C=O) groups is 1. The highest BCUT2D eigenvalue weighted by Gasteiger charge is 2.15. The minimum Gasteiger partial charge on any atom is -0.383 e. The van der Waals surface area contributed by atoms with E-state index in [1.54, 1.807) is 13.2 Å². The van der Waals surface area contributed by atoms with Crippen LogP contribution in [-0.2, 0) is 4.74 Å². The van der Waals surface area contributed by atoms with Gasteiger partial charge in [0.1, 0.15) is 0 Å². The third-order valence-corrected chi connectivity index (χ3v) is 3.24. The second-order valence-electron chi connectivity index (χ2n) is 5.30. The summed E-state index contributed by atoms with van der Waals surface area (Å²) in [5.74, 6) is 0.0604. The maximum absolute atomic E-state index is 12.1. The monoisotopic (exact) mass is 342 g/mol. The van der Waals surface area contributed by atoms with Crippen LogP contribution in [0.1, 0.15) is 35.8 Å². The van der Waals surface area contributed by atoms with Gasteiger partial charge in [-0.1, -0.05) is 19.0 Å². The van der Waals surface area contributed by atoms with Crippen LogP contribution in [0.2, 0.25) is 0 Å². The quantitative estimate of drug-likeness (QED) is 0.710. The van der Waals surface area contributed by atoms with E-state index in [1.165, 1.54) is 6.20 Å². The third kappa shape index (κ3) is 5.16. The number of amides is 1. The zero-order valence-electron chi connectivity index (χ0n) is 13.6. The van der Waals surface area contributed by atoms with Gasteiger partial charge in [-0.05, 0) is 12.0 Å². The molecule has 0 aliphatic heterocycles. The van der Waals surface area contributed by atoms with Gasteiger partial charge in [0.25, 0.3) is 11.6 Å². The number of rotatable bonds is 8. The van der Waals surface area contributed by atoms with E-state index in [0.29, 0.717) is 31.0 Å². The van der Waals surface area contributed by atoms with Crippen LogP contribution in [-0.4, -0.2) is 49.4 Å². The summed E-state index contributed by atoms with van der Waals surface area (Å²) in [5, 5.41) is 10.8. The van der Waals surface area contributed by atoms with Crippen LogP contribution in [0, 0.1) is 0 Å². The van der Waals surface area contributed by atoms with E-state index in [0.717, 1.165) is 17.6 Å². The Labute approximate surface area is 141 Å². The van der Waals surface area contributed by atoms with E-state index >= 15 is 0 Å². The lowest BCUT2D eigenvalue weighted by Gasteiger charge is -2.06. The number of nitrogens with zero attached hydrogens (tertiary/aromatic N) is 2. The molecule has 0 radical (unpaired) electrons. The topological polar surface area (TPSA) is 89.3 Å². The van der Waals surface area contributed by atoms with Crippen molar-refractivity contribution in [1.29, 1.82) is 0 Å². The number of hydrogen-bond donors (Lipinski definition) is 2. The summed E-state index contributed by atoms with van der Waals surface area (Å²) < 4.78 is 10.1. The normalized spacial score (nSPS) is 10.8. The van der Waals surface area contributed by atoms with Crippen molar-refractivity contribution in [3.05, 3.63) is 23.5 Å². The molecule has 0 aliphatic rings. The van der Waals surface area contributed by atoms with Crippen molar-refractivity contribution in [2.45, 2.75) is 19.8 Å². The molecule has 128 valence electrons. The van der Waals surface area contributed by atoms with E-state index < -0.39 is 0 Å². The van der Waals surface area contributed by atoms with Crippen molar-refractivity contribution in [2.75, 3.05) is 33.4 Å². The van der Waals surface area contributed by atoms with E-state index in [9.17, 15) is 4.79 Å². The molecule has 7 nitrogen and oxygen atoms in total. The molecule has 0 aromatic carbocycles. The Morgan fingerprint density at radius 1 is 1.35 bits per heavy atom. The van der Waals surface area contributed by atoms with Crippen molar-refractivity contribution in [1.82, 2.24) is 20.8 Å². The molecule has 0 saturated heterocycles. The predicted molar refractivity (Wildman–Crippen MR) is 90.2 cm³/mol. The fraction of sp³-hybridized carbons (Fsp3) is 0.533. The van der Waals surface area contributed by atoms with E-state index in [4.69, 9.17) is 9.26 Å². The average molecular weight is 343 g/mol. The highest BCUT2D eigenvalue weighted by molar-refractivity contribution is 5.97. The van der Waals surface area contributed by atoms with E-state index in [-0.39, 0.29) is 24.2 Å². The van der Waals surface area contributed by atoms with Crippen molar-refractivity contribution >= 4 is 29.4 Å². The smallest absolute Gasteiger partial charge is 0.257 e. The van der Waals surface area contributed by atoms with Gasteiger partial charge in [-0.15, -0.1) is 12.4 Å². The molecule has 0 fully saturated rings. The SMILES string of the molecule is COCCNCCNC(=O)c1cnc2onc(C(C)C)c2c1.Cl. The Morgan fingerprint density at radius 3 is 2.83 bits per heavy atom. The summed E-state index contributed by atoms with van der Waals surface area (Å²) in [6.45, 7) is 6.69. The summed E-state index contributed by atoms with van der Waals surface area (Å²) in [5.41, 5.74) is 1.79. The van der Waals surface area contributed by atoms with Crippen molar-refractivity contribution in [3.8, 4) is 0 Å². The highest BCUT2D eigenvalue weighted by Crippen LogP contribution is 2.23. The number of methoxy groups -OCH3 is 1. The Kier molecular flexibility index (Phi) is 7.94. The molecular weight excluding hydrogens is 320 g/mol. The first-order valence-electron chi connectivity index (χ1n) is 7.36. The zero-order chi connectivity index (χ0) is 15.9. The second kappa shape index (κ2) is 9.44. The Hall–Kier alpha value is -1.70. The van der Waals surface area contributed by atoms with Gasteiger partial charge in [-0.3, -0.25) is 4.79 Å². The van der Waals surface area contributed by atoms with Gasteiger partial charge in [0.15, 0.2) is 0 Å². The molecule has 2 aromatic heterocycles. The molecule has 0 unspecified atom stereocenters. The van der Waals surface area contributed by atoms with Gasteiger partial charge in [0.05, 0.1) is 23.3 Å². The summed E-state index contributed by atoms with van der Waals surface area (Å²) >= 11 is 0. The molecule has 0 saturated carbocycles. The molecule has 2 rings (SSSR count). The fourth-order valence-electron chi connectivity index (χ4n) is 2.06. The maximum Gasteiger partial charge on any atom is 0.257 e. The first-order valence-corrected chi connectivity index (χ1v) is 7.36. The molecule has 0 aliphatic carbocycles. The van der Waals surface area contributed by atoms with Gasteiger partial charge in [0, 0.05) is 32.9 Å². The largest absolute Gasteiger partial charge is 0.383 e. The first-order chi connectivity index (χ1) is 10.6. The number of halogens is 1. The number of fused-ring (bicyclic) bond motifs is 1. The number of hydrogen-bond acceptors (Lipinski definition) is 6. The van der Waals surface area contributed by atoms with Crippen molar-refractivity contribution in [3.63, 3.8) is 0 Å². The summed E-state index contributed by atoms with van der Waals surface area (Å²) in [4.78, 5) is 16.3. The Balaban J connectivity index is 0.00000264. The zero-order valence-corrected chi connectivity index (χ0v) is 14.4. The molecule has 1 amide bonds. The molecule has 23 heavy (non-hydrogen) atoms. The van der Waals surface area contributed by atoms with Crippen LogP contribution < -0.4 is 10.6 Å². The van der Waals surface area contributed by atoms with Crippen LogP contribution in [0.5, 0.6) is 0 Å². The van der Waals surface area contributed by atoms with E-state index in [1.807, 2.05) is 13.8 Å². The number of carbonyl (C=O) groups excluding carboxylic acids is 1. The van der Waals surface area contributed by atoms with Gasteiger partial charge < -0.3 is 19.9 Å². The standard InChI is InChI=1S/C15H22N4O3.ClH/c1-10(2)13-12-8-11(9-18-15(12)22-19-13)14(20)17-5-4-16-6-7-21-3;/h8-10,16H,4-7H2,1-3H3,(H,17,20);1H. The number of ether oxygens (including phenoxy) is 1. The summed E-state index contributed by atoms with van der Waals surface area (Å²) in [6, 6.07) is 1.78. The Morgan fingerprint density at radius 2 is 2.13 bits per heavy atom. The molecular formula is C15H23ClN4O3. The minimum atomic E-state index is -0.154. The number of nitrogens with one attached hydrogen (secondary N) is 2. The van der Waals surface area contributed by atoms with Crippen LogP contribution in [0.25, 0.3) is 11.1 Å². The minimum absolute atomic E-state index is 0. The number of aromatic nitrogens is 2. The van der Waals surface area contributed by atoms with Gasteiger partial charge >= 0.3 is 0 Å². The van der Waals surface area contributed by atoms with Crippen LogP contribution in [0.15, 0.2) is 16.8 Å². The fourth-order valence-corrected chi connectivity index (χ4v) is 2.06. The highest BCUT2D eigenvalue weighted by atomic mass is 35.5. The van der Waals surface area contributed by atoms with Crippen LogP contribution in [0.4, 0.5) is 0 Å². The third-order valence-electron chi connectivity index (χ3n) is 3.24.